The summed E-state index contributed by atoms with van der Waals surface area (Å²) in [6, 6.07) is 0. The molecular weight excluding hydrogens is 985 g/mol. The van der Waals surface area contributed by atoms with Gasteiger partial charge in [-0.15, -0.1) is 0 Å². The van der Waals surface area contributed by atoms with Gasteiger partial charge in [-0.1, -0.05) is 270 Å². The van der Waals surface area contributed by atoms with Crippen molar-refractivity contribution in [1.29, 1.82) is 0 Å². The topological polar surface area (TPSA) is 78.9 Å². The van der Waals surface area contributed by atoms with E-state index in [1.54, 1.807) is 0 Å². The third-order valence-electron chi connectivity index (χ3n) is 13.9. The Morgan fingerprint density at radius 3 is 0.787 bits per heavy atom. The highest BCUT2D eigenvalue weighted by Crippen LogP contribution is 2.15. The zero-order valence-electron chi connectivity index (χ0n) is 52.0. The maximum Gasteiger partial charge on any atom is 0.306 e. The fourth-order valence-electron chi connectivity index (χ4n) is 8.89. The van der Waals surface area contributed by atoms with E-state index in [0.29, 0.717) is 19.3 Å². The summed E-state index contributed by atoms with van der Waals surface area (Å²) >= 11 is 0. The fraction of sp³-hybridized carbons (Fsp3) is 0.662. The number of unbranched alkanes of at least 4 members (excludes halogenated alkanes) is 26. The van der Waals surface area contributed by atoms with Crippen LogP contribution in [-0.2, 0) is 28.6 Å². The summed E-state index contributed by atoms with van der Waals surface area (Å²) in [4.78, 5) is 38.4. The average molecular weight is 1110 g/mol. The van der Waals surface area contributed by atoms with Crippen LogP contribution in [0.4, 0.5) is 0 Å². The molecule has 0 spiro atoms. The van der Waals surface area contributed by atoms with Gasteiger partial charge < -0.3 is 14.2 Å². The predicted molar refractivity (Wildman–Crippen MR) is 348 cm³/mol. The molecule has 0 aromatic heterocycles. The van der Waals surface area contributed by atoms with E-state index in [0.717, 1.165) is 148 Å². The Morgan fingerprint density at radius 1 is 0.263 bits per heavy atom. The molecule has 0 aliphatic heterocycles. The lowest BCUT2D eigenvalue weighted by atomic mass is 10.1. The average Bonchev–Trinajstić information content (AvgIpc) is 3.46. The third kappa shape index (κ3) is 64.4. The van der Waals surface area contributed by atoms with E-state index < -0.39 is 6.10 Å². The molecule has 6 nitrogen and oxygen atoms in total. The van der Waals surface area contributed by atoms with Gasteiger partial charge in [-0.2, -0.15) is 0 Å². The molecule has 0 aromatic carbocycles. The van der Waals surface area contributed by atoms with Crippen LogP contribution in [0.3, 0.4) is 0 Å². The number of esters is 3. The maximum absolute atomic E-state index is 12.9. The lowest BCUT2D eigenvalue weighted by molar-refractivity contribution is -0.167. The minimum Gasteiger partial charge on any atom is -0.462 e. The number of allylic oxidation sites excluding steroid dienone is 22. The molecule has 0 rings (SSSR count). The van der Waals surface area contributed by atoms with Crippen molar-refractivity contribution in [3.8, 4) is 0 Å². The van der Waals surface area contributed by atoms with Gasteiger partial charge in [0.1, 0.15) is 13.2 Å². The van der Waals surface area contributed by atoms with Crippen molar-refractivity contribution in [3.05, 3.63) is 134 Å². The van der Waals surface area contributed by atoms with Gasteiger partial charge in [0.15, 0.2) is 6.10 Å². The molecule has 0 aliphatic rings. The van der Waals surface area contributed by atoms with Crippen molar-refractivity contribution in [2.45, 2.75) is 303 Å². The van der Waals surface area contributed by atoms with Crippen molar-refractivity contribution in [1.82, 2.24) is 0 Å². The van der Waals surface area contributed by atoms with Gasteiger partial charge in [-0.25, -0.2) is 0 Å². The number of hydrogen-bond acceptors (Lipinski definition) is 6. The number of ether oxygens (including phenoxy) is 3. The number of hydrogen-bond donors (Lipinski definition) is 0. The summed E-state index contributed by atoms with van der Waals surface area (Å²) in [6.07, 6.45) is 94.5. The second-order valence-corrected chi connectivity index (χ2v) is 21.6. The first-order valence-electron chi connectivity index (χ1n) is 33.2. The molecule has 0 saturated carbocycles. The summed E-state index contributed by atoms with van der Waals surface area (Å²) in [5, 5.41) is 0. The van der Waals surface area contributed by atoms with E-state index in [2.05, 4.69) is 154 Å². The van der Waals surface area contributed by atoms with Crippen molar-refractivity contribution in [3.63, 3.8) is 0 Å². The van der Waals surface area contributed by atoms with Crippen LogP contribution < -0.4 is 0 Å². The Labute approximate surface area is 494 Å². The molecule has 0 saturated heterocycles. The molecule has 0 aromatic rings. The van der Waals surface area contributed by atoms with Crippen LogP contribution in [0.5, 0.6) is 0 Å². The van der Waals surface area contributed by atoms with Gasteiger partial charge in [-0.3, -0.25) is 14.4 Å². The van der Waals surface area contributed by atoms with E-state index in [1.165, 1.54) is 109 Å². The lowest BCUT2D eigenvalue weighted by Gasteiger charge is -2.18. The third-order valence-corrected chi connectivity index (χ3v) is 13.9. The first-order valence-corrected chi connectivity index (χ1v) is 33.2. The Kier molecular flexibility index (Phi) is 63.3. The van der Waals surface area contributed by atoms with Crippen LogP contribution in [0.2, 0.25) is 0 Å². The monoisotopic (exact) mass is 1110 g/mol. The summed E-state index contributed by atoms with van der Waals surface area (Å²) in [7, 11) is 0. The largest absolute Gasteiger partial charge is 0.462 e. The minimum atomic E-state index is -0.799. The minimum absolute atomic E-state index is 0.0948. The molecule has 0 N–H and O–H groups in total. The summed E-state index contributed by atoms with van der Waals surface area (Å²) < 4.78 is 16.9. The van der Waals surface area contributed by atoms with Crippen molar-refractivity contribution >= 4 is 17.9 Å². The molecule has 0 aliphatic carbocycles. The Morgan fingerprint density at radius 2 is 0.487 bits per heavy atom. The second kappa shape index (κ2) is 67.1. The summed E-state index contributed by atoms with van der Waals surface area (Å²) in [5.74, 6) is -0.922. The standard InChI is InChI=1S/C74H122O6/c1-4-7-10-13-16-19-22-25-28-31-32-33-34-35-36-37-38-39-40-41-42-44-46-49-52-55-58-61-64-67-73(76)79-70-71(69-78-72(75)66-63-60-57-54-51-48-45-30-27-24-21-18-15-12-9-6-3)80-74(77)68-65-62-59-56-53-50-47-43-29-26-23-20-17-14-11-8-5-2/h7,10,16-17,19-21,24-26,28-30,32-33,35-36,38-39,41-42,45,71H,4-6,8-9,11-15,18,22-23,27,31,34,37,40,43-44,46-70H2,1-3H3/b10-7-,19-16-,20-17-,24-21-,28-25-,29-26-,33-32-,36-35-,39-38-,42-41-,45-30-. The van der Waals surface area contributed by atoms with E-state index in [9.17, 15) is 14.4 Å². The molecular formula is C74H122O6. The van der Waals surface area contributed by atoms with Gasteiger partial charge in [0, 0.05) is 19.3 Å². The van der Waals surface area contributed by atoms with E-state index in [4.69, 9.17) is 14.2 Å². The van der Waals surface area contributed by atoms with E-state index >= 15 is 0 Å². The molecule has 0 amide bonds. The molecule has 1 unspecified atom stereocenters. The predicted octanol–water partition coefficient (Wildman–Crippen LogP) is 22.9. The Balaban J connectivity index is 4.39. The Bertz CT molecular complexity index is 1700. The highest BCUT2D eigenvalue weighted by Gasteiger charge is 2.19. The quantitative estimate of drug-likeness (QED) is 0.0261. The molecule has 454 valence electrons. The van der Waals surface area contributed by atoms with E-state index in [1.807, 2.05) is 0 Å². The van der Waals surface area contributed by atoms with Crippen molar-refractivity contribution < 1.29 is 28.6 Å². The van der Waals surface area contributed by atoms with Crippen LogP contribution in [0.25, 0.3) is 0 Å². The van der Waals surface area contributed by atoms with Crippen LogP contribution in [-0.4, -0.2) is 37.2 Å². The first-order chi connectivity index (χ1) is 39.5. The zero-order valence-corrected chi connectivity index (χ0v) is 52.0. The fourth-order valence-corrected chi connectivity index (χ4v) is 8.89. The first kappa shape index (κ1) is 75.5. The second-order valence-electron chi connectivity index (χ2n) is 21.6. The lowest BCUT2D eigenvalue weighted by Crippen LogP contribution is -2.30. The highest BCUT2D eigenvalue weighted by atomic mass is 16.6. The number of rotatable bonds is 59. The van der Waals surface area contributed by atoms with Gasteiger partial charge in [0.05, 0.1) is 0 Å². The van der Waals surface area contributed by atoms with Crippen LogP contribution in [0.1, 0.15) is 297 Å². The molecule has 0 bridgehead atoms. The summed E-state index contributed by atoms with van der Waals surface area (Å²) in [6.45, 7) is 6.47. The molecule has 0 heterocycles. The molecule has 80 heavy (non-hydrogen) atoms. The smallest absolute Gasteiger partial charge is 0.306 e. The van der Waals surface area contributed by atoms with E-state index in [-0.39, 0.29) is 31.1 Å². The molecule has 0 fully saturated rings. The zero-order chi connectivity index (χ0) is 57.8. The normalized spacial score (nSPS) is 13.0. The number of carbonyl (C=O) groups is 3. The highest BCUT2D eigenvalue weighted by molar-refractivity contribution is 5.71. The van der Waals surface area contributed by atoms with Gasteiger partial charge in [0.25, 0.3) is 0 Å². The van der Waals surface area contributed by atoms with Gasteiger partial charge in [-0.05, 0) is 141 Å². The van der Waals surface area contributed by atoms with Crippen molar-refractivity contribution in [2.24, 2.45) is 0 Å². The van der Waals surface area contributed by atoms with Gasteiger partial charge >= 0.3 is 17.9 Å². The maximum atomic E-state index is 12.9. The van der Waals surface area contributed by atoms with Crippen LogP contribution >= 0.6 is 0 Å². The van der Waals surface area contributed by atoms with Crippen LogP contribution in [0, 0.1) is 0 Å². The summed E-state index contributed by atoms with van der Waals surface area (Å²) in [5.41, 5.74) is 0. The molecule has 1 atom stereocenters. The molecule has 0 radical (unpaired) electrons. The number of carbonyl (C=O) groups excluding carboxylic acids is 3. The molecule has 6 heteroatoms. The van der Waals surface area contributed by atoms with Crippen molar-refractivity contribution in [2.75, 3.05) is 13.2 Å². The van der Waals surface area contributed by atoms with Crippen LogP contribution in [0.15, 0.2) is 134 Å². The Hall–Kier alpha value is -4.45. The SMILES string of the molecule is CC/C=C\C/C=C\C/C=C\C/C=C\C/C=C\C/C=C\C/C=C\CCCCCCCCCC(=O)OCC(COC(=O)CCCCCCC/C=C\C/C=C\CCCCCC)OC(=O)CCCCCCCCC/C=C\C/C=C\CCCCC. The van der Waals surface area contributed by atoms with Gasteiger partial charge in [0.2, 0.25) is 0 Å².